The van der Waals surface area contributed by atoms with E-state index in [0.29, 0.717) is 16.3 Å². The van der Waals surface area contributed by atoms with Crippen molar-refractivity contribution in [3.05, 3.63) is 65.4 Å². The summed E-state index contributed by atoms with van der Waals surface area (Å²) < 4.78 is 0. The van der Waals surface area contributed by atoms with Crippen molar-refractivity contribution in [3.8, 4) is 0 Å². The number of para-hydroxylation sites is 1. The number of hydrogen-bond acceptors (Lipinski definition) is 2. The van der Waals surface area contributed by atoms with Crippen molar-refractivity contribution >= 4 is 23.3 Å². The fraction of sp³-hybridized carbons (Fsp3) is 0.188. The third-order valence-corrected chi connectivity index (χ3v) is 3.19. The number of carboxylic acid groups (broad SMARTS) is 1. The molecule has 2 N–H and O–H groups in total. The van der Waals surface area contributed by atoms with Crippen molar-refractivity contribution in [1.82, 2.24) is 0 Å². The number of benzene rings is 1. The molecular formula is C16H18ClNO2. The van der Waals surface area contributed by atoms with Crippen molar-refractivity contribution in [3.63, 3.8) is 0 Å². The van der Waals surface area contributed by atoms with Crippen LogP contribution >= 0.6 is 11.6 Å². The second-order valence-corrected chi connectivity index (χ2v) is 4.65. The van der Waals surface area contributed by atoms with Crippen molar-refractivity contribution in [2.75, 3.05) is 5.32 Å². The number of rotatable bonds is 6. The van der Waals surface area contributed by atoms with Gasteiger partial charge in [0, 0.05) is 5.69 Å². The molecule has 4 heteroatoms. The maximum absolute atomic E-state index is 11.2. The third kappa shape index (κ3) is 4.00. The van der Waals surface area contributed by atoms with E-state index in [1.54, 1.807) is 13.0 Å². The molecule has 0 heterocycles. The minimum absolute atomic E-state index is 0.473. The highest BCUT2D eigenvalue weighted by atomic mass is 35.5. The Labute approximate surface area is 124 Å². The van der Waals surface area contributed by atoms with Gasteiger partial charge >= 0.3 is 5.97 Å². The van der Waals surface area contributed by atoms with Crippen LogP contribution in [0.3, 0.4) is 0 Å². The summed E-state index contributed by atoms with van der Waals surface area (Å²) in [4.78, 5) is 11.2. The maximum atomic E-state index is 11.2. The van der Waals surface area contributed by atoms with Gasteiger partial charge in [-0.3, -0.25) is 4.79 Å². The first-order valence-corrected chi connectivity index (χ1v) is 6.62. The van der Waals surface area contributed by atoms with Crippen molar-refractivity contribution in [1.29, 1.82) is 0 Å². The van der Waals surface area contributed by atoms with Crippen LogP contribution in [0.15, 0.2) is 59.8 Å². The SMILES string of the molecule is C=C/C(Cl)=C(\C=C/C)Nc1ccccc1[C@H](C)C(=O)O. The topological polar surface area (TPSA) is 49.3 Å². The van der Waals surface area contributed by atoms with Crippen LogP contribution in [0, 0.1) is 0 Å². The summed E-state index contributed by atoms with van der Waals surface area (Å²) in [5, 5.41) is 12.8. The number of carbonyl (C=O) groups is 1. The van der Waals surface area contributed by atoms with E-state index in [-0.39, 0.29) is 0 Å². The average molecular weight is 292 g/mol. The zero-order valence-corrected chi connectivity index (χ0v) is 12.3. The molecule has 0 spiro atoms. The number of aliphatic carboxylic acids is 1. The number of allylic oxidation sites excluding steroid dienone is 4. The minimum atomic E-state index is -0.870. The lowest BCUT2D eigenvalue weighted by atomic mass is 9.99. The zero-order valence-electron chi connectivity index (χ0n) is 11.6. The van der Waals surface area contributed by atoms with Gasteiger partial charge in [-0.15, -0.1) is 0 Å². The lowest BCUT2D eigenvalue weighted by molar-refractivity contribution is -0.138. The molecule has 1 atom stereocenters. The van der Waals surface area contributed by atoms with E-state index >= 15 is 0 Å². The van der Waals surface area contributed by atoms with Gasteiger partial charge in [0.15, 0.2) is 0 Å². The Balaban J connectivity index is 3.21. The zero-order chi connectivity index (χ0) is 15.1. The maximum Gasteiger partial charge on any atom is 0.310 e. The Bertz CT molecular complexity index is 561. The standard InChI is InChI=1S/C16H18ClNO2/c1-4-8-15(13(17)5-2)18-14-10-7-6-9-12(14)11(3)16(19)20/h4-11,18H,2H2,1,3H3,(H,19,20)/b8-4-,15-13-/t11-/m0/s1. The van der Waals surface area contributed by atoms with E-state index in [0.717, 1.165) is 5.69 Å². The molecule has 1 rings (SSSR count). The van der Waals surface area contributed by atoms with E-state index in [2.05, 4.69) is 11.9 Å². The van der Waals surface area contributed by atoms with Crippen LogP contribution in [0.25, 0.3) is 0 Å². The van der Waals surface area contributed by atoms with Gasteiger partial charge in [-0.25, -0.2) is 0 Å². The molecule has 0 amide bonds. The Hall–Kier alpha value is -2.00. The van der Waals surface area contributed by atoms with E-state index in [1.165, 1.54) is 6.08 Å². The first-order chi connectivity index (χ1) is 9.51. The van der Waals surface area contributed by atoms with Gasteiger partial charge < -0.3 is 10.4 Å². The summed E-state index contributed by atoms with van der Waals surface area (Å²) in [6.45, 7) is 7.16. The summed E-state index contributed by atoms with van der Waals surface area (Å²) in [6, 6.07) is 7.27. The molecule has 0 saturated heterocycles. The first-order valence-electron chi connectivity index (χ1n) is 6.25. The van der Waals surface area contributed by atoms with Crippen LogP contribution in [0.1, 0.15) is 25.3 Å². The largest absolute Gasteiger partial charge is 0.481 e. The predicted octanol–water partition coefficient (Wildman–Crippen LogP) is 4.50. The highest BCUT2D eigenvalue weighted by Crippen LogP contribution is 2.27. The van der Waals surface area contributed by atoms with Gasteiger partial charge in [-0.2, -0.15) is 0 Å². The molecule has 20 heavy (non-hydrogen) atoms. The molecular weight excluding hydrogens is 274 g/mol. The van der Waals surface area contributed by atoms with E-state index in [1.807, 2.05) is 37.3 Å². The van der Waals surface area contributed by atoms with Crippen LogP contribution in [0.5, 0.6) is 0 Å². The second-order valence-electron chi connectivity index (χ2n) is 4.24. The van der Waals surface area contributed by atoms with Gasteiger partial charge in [-0.05, 0) is 37.6 Å². The summed E-state index contributed by atoms with van der Waals surface area (Å²) in [5.41, 5.74) is 2.10. The second kappa shape index (κ2) is 7.56. The Kier molecular flexibility index (Phi) is 6.07. The van der Waals surface area contributed by atoms with Gasteiger partial charge in [0.2, 0.25) is 0 Å². The van der Waals surface area contributed by atoms with E-state index in [9.17, 15) is 4.79 Å². The lowest BCUT2D eigenvalue weighted by Crippen LogP contribution is -2.11. The average Bonchev–Trinajstić information content (AvgIpc) is 2.45. The molecule has 0 aromatic heterocycles. The summed E-state index contributed by atoms with van der Waals surface area (Å²) in [5.74, 6) is -1.47. The first kappa shape index (κ1) is 16.1. The van der Waals surface area contributed by atoms with Gasteiger partial charge in [0.1, 0.15) is 0 Å². The van der Waals surface area contributed by atoms with Crippen LogP contribution in [0.2, 0.25) is 0 Å². The van der Waals surface area contributed by atoms with E-state index in [4.69, 9.17) is 16.7 Å². The Morgan fingerprint density at radius 2 is 2.10 bits per heavy atom. The predicted molar refractivity (Wildman–Crippen MR) is 84.0 cm³/mol. The number of carboxylic acids is 1. The third-order valence-electron chi connectivity index (χ3n) is 2.84. The van der Waals surface area contributed by atoms with Gasteiger partial charge in [-0.1, -0.05) is 42.5 Å². The highest BCUT2D eigenvalue weighted by Gasteiger charge is 2.17. The quantitative estimate of drug-likeness (QED) is 0.759. The molecule has 3 nitrogen and oxygen atoms in total. The van der Waals surface area contributed by atoms with Crippen LogP contribution < -0.4 is 5.32 Å². The fourth-order valence-electron chi connectivity index (χ4n) is 1.72. The normalized spacial score (nSPS) is 13.8. The van der Waals surface area contributed by atoms with Crippen LogP contribution in [0.4, 0.5) is 5.69 Å². The molecule has 0 fully saturated rings. The molecule has 1 aromatic rings. The molecule has 0 aliphatic heterocycles. The van der Waals surface area contributed by atoms with Crippen LogP contribution in [-0.4, -0.2) is 11.1 Å². The summed E-state index contributed by atoms with van der Waals surface area (Å²) in [6.07, 6.45) is 5.19. The molecule has 0 aliphatic carbocycles. The number of hydrogen-bond donors (Lipinski definition) is 2. The Morgan fingerprint density at radius 3 is 2.65 bits per heavy atom. The van der Waals surface area contributed by atoms with Gasteiger partial charge in [0.25, 0.3) is 0 Å². The molecule has 0 bridgehead atoms. The molecule has 1 aromatic carbocycles. The lowest BCUT2D eigenvalue weighted by Gasteiger charge is -2.16. The van der Waals surface area contributed by atoms with Crippen molar-refractivity contribution in [2.24, 2.45) is 0 Å². The molecule has 0 radical (unpaired) electrons. The number of halogens is 1. The van der Waals surface area contributed by atoms with Crippen LogP contribution in [-0.2, 0) is 4.79 Å². The molecule has 106 valence electrons. The highest BCUT2D eigenvalue weighted by molar-refractivity contribution is 6.31. The smallest absolute Gasteiger partial charge is 0.310 e. The molecule has 0 unspecified atom stereocenters. The van der Waals surface area contributed by atoms with Crippen molar-refractivity contribution < 1.29 is 9.90 Å². The van der Waals surface area contributed by atoms with E-state index < -0.39 is 11.9 Å². The molecule has 0 aliphatic rings. The molecule has 0 saturated carbocycles. The Morgan fingerprint density at radius 1 is 1.45 bits per heavy atom. The summed E-state index contributed by atoms with van der Waals surface area (Å²) >= 11 is 6.09. The fourth-order valence-corrected chi connectivity index (χ4v) is 1.83. The minimum Gasteiger partial charge on any atom is -0.481 e. The monoisotopic (exact) mass is 291 g/mol. The number of anilines is 1. The van der Waals surface area contributed by atoms with Gasteiger partial charge in [0.05, 0.1) is 16.6 Å². The van der Waals surface area contributed by atoms with Crippen molar-refractivity contribution in [2.45, 2.75) is 19.8 Å². The number of nitrogens with one attached hydrogen (secondary N) is 1. The summed E-state index contributed by atoms with van der Waals surface area (Å²) in [7, 11) is 0.